The molecule has 2 heterocycles. The zero-order valence-electron chi connectivity index (χ0n) is 23.0. The smallest absolute Gasteiger partial charge is 0.340 e. The summed E-state index contributed by atoms with van der Waals surface area (Å²) in [4.78, 5) is 14.7. The van der Waals surface area contributed by atoms with Crippen molar-refractivity contribution >= 4 is 15.4 Å². The first-order valence-corrected chi connectivity index (χ1v) is 12.8. The molecule has 204 valence electrons. The van der Waals surface area contributed by atoms with Crippen LogP contribution in [0.4, 0.5) is 0 Å². The lowest BCUT2D eigenvalue weighted by Gasteiger charge is -2.48. The average molecular weight is 520 g/mol. The molecule has 1 saturated heterocycles. The second-order valence-corrected chi connectivity index (χ2v) is 11.2. The maximum atomic E-state index is 12.6. The molecule has 9 atom stereocenters. The first-order chi connectivity index (χ1) is 16.2. The Labute approximate surface area is 213 Å². The van der Waals surface area contributed by atoms with Crippen molar-refractivity contribution < 1.29 is 38.1 Å². The highest BCUT2D eigenvalue weighted by Gasteiger charge is 2.49. The van der Waals surface area contributed by atoms with E-state index in [1.807, 2.05) is 41.8 Å². The van der Waals surface area contributed by atoms with Crippen LogP contribution in [0.25, 0.3) is 0 Å². The number of aliphatic hydroxyl groups is 1. The summed E-state index contributed by atoms with van der Waals surface area (Å²) in [6.45, 7) is 13.0. The number of rotatable bonds is 11. The van der Waals surface area contributed by atoms with E-state index in [0.29, 0.717) is 17.8 Å². The van der Waals surface area contributed by atoms with Gasteiger partial charge >= 0.3 is 5.97 Å². The number of nitrogens with zero attached hydrogens (tertiary/aromatic N) is 1. The summed E-state index contributed by atoms with van der Waals surface area (Å²) in [5.74, 6) is -1.48. The monoisotopic (exact) mass is 519 g/mol. The fourth-order valence-electron chi connectivity index (χ4n) is 5.13. The highest BCUT2D eigenvalue weighted by molar-refractivity contribution is 7.09. The van der Waals surface area contributed by atoms with Crippen LogP contribution in [0.3, 0.4) is 0 Å². The van der Waals surface area contributed by atoms with E-state index in [1.54, 1.807) is 27.9 Å². The molecule has 0 saturated carbocycles. The van der Waals surface area contributed by atoms with Crippen LogP contribution in [0.2, 0.25) is 0 Å². The number of hydrogen-bond acceptors (Lipinski definition) is 9. The summed E-state index contributed by atoms with van der Waals surface area (Å²) in [6, 6.07) is 0.0724. The lowest BCUT2D eigenvalue weighted by molar-refractivity contribution is -0.293. The fraction of sp³-hybridized carbons (Fsp3) is 0.880. The Morgan fingerprint density at radius 1 is 1.29 bits per heavy atom. The first-order valence-electron chi connectivity index (χ1n) is 12.3. The molecule has 2 rings (SSSR count). The minimum Gasteiger partial charge on any atom is -0.456 e. The second kappa shape index (κ2) is 12.2. The SMILES string of the molecule is CO[C@](C)(C[C@@H](C)CO)[C@H](O[C@@H]1O[C@H](C)CC(N(C)C)C1OP)[C@@H](C)C1=C(C)C(=O)OC(C)(C)O1. The fourth-order valence-corrected chi connectivity index (χ4v) is 5.44. The summed E-state index contributed by atoms with van der Waals surface area (Å²) in [6.07, 6.45) is -0.413. The number of carbonyl (C=O) groups is 1. The van der Waals surface area contributed by atoms with Gasteiger partial charge in [0.05, 0.1) is 23.4 Å². The van der Waals surface area contributed by atoms with Crippen LogP contribution in [0.1, 0.15) is 61.3 Å². The van der Waals surface area contributed by atoms with E-state index in [-0.39, 0.29) is 30.8 Å². The van der Waals surface area contributed by atoms with E-state index < -0.39 is 35.7 Å². The molecule has 2 aliphatic heterocycles. The minimum atomic E-state index is -1.11. The van der Waals surface area contributed by atoms with Gasteiger partial charge in [-0.2, -0.15) is 0 Å². The molecule has 1 N–H and O–H groups in total. The van der Waals surface area contributed by atoms with Gasteiger partial charge in [-0.25, -0.2) is 4.79 Å². The van der Waals surface area contributed by atoms with Gasteiger partial charge in [-0.15, -0.1) is 0 Å². The number of carbonyl (C=O) groups excluding carboxylic acids is 1. The van der Waals surface area contributed by atoms with Crippen molar-refractivity contribution in [3.05, 3.63) is 11.3 Å². The molecule has 2 aliphatic rings. The predicted octanol–water partition coefficient (Wildman–Crippen LogP) is 3.26. The molecule has 0 bridgehead atoms. The molecule has 0 aromatic carbocycles. The van der Waals surface area contributed by atoms with Crippen LogP contribution < -0.4 is 0 Å². The zero-order valence-corrected chi connectivity index (χ0v) is 24.1. The Bertz CT molecular complexity index is 760. The number of aliphatic hydroxyl groups excluding tert-OH is 1. The molecule has 0 aromatic heterocycles. The molecular formula is C25H46NO8P. The number of esters is 1. The summed E-state index contributed by atoms with van der Waals surface area (Å²) >= 11 is 0. The molecule has 0 spiro atoms. The Balaban J connectivity index is 2.53. The van der Waals surface area contributed by atoms with Gasteiger partial charge in [0, 0.05) is 49.0 Å². The normalized spacial score (nSPS) is 31.4. The zero-order chi connectivity index (χ0) is 26.7. The molecule has 10 heteroatoms. The van der Waals surface area contributed by atoms with Crippen molar-refractivity contribution in [1.29, 1.82) is 0 Å². The lowest BCUT2D eigenvalue weighted by Crippen LogP contribution is -2.58. The number of ether oxygens (including phenoxy) is 5. The first kappa shape index (κ1) is 30.4. The van der Waals surface area contributed by atoms with Crippen molar-refractivity contribution in [3.63, 3.8) is 0 Å². The Kier molecular flexibility index (Phi) is 10.6. The van der Waals surface area contributed by atoms with Crippen LogP contribution in [0.15, 0.2) is 11.3 Å². The van der Waals surface area contributed by atoms with Gasteiger partial charge in [0.25, 0.3) is 0 Å². The third-order valence-corrected chi connectivity index (χ3v) is 7.37. The average Bonchev–Trinajstić information content (AvgIpc) is 2.78. The van der Waals surface area contributed by atoms with E-state index in [2.05, 4.69) is 14.4 Å². The minimum absolute atomic E-state index is 0.00857. The molecule has 0 radical (unpaired) electrons. The van der Waals surface area contributed by atoms with Gasteiger partial charge in [-0.05, 0) is 53.6 Å². The van der Waals surface area contributed by atoms with Crippen LogP contribution in [0.5, 0.6) is 0 Å². The van der Waals surface area contributed by atoms with Crippen molar-refractivity contribution in [1.82, 2.24) is 4.90 Å². The topological polar surface area (TPSA) is 95.9 Å². The van der Waals surface area contributed by atoms with Gasteiger partial charge in [0.2, 0.25) is 5.79 Å². The predicted molar refractivity (Wildman–Crippen MR) is 135 cm³/mol. The maximum absolute atomic E-state index is 12.6. The van der Waals surface area contributed by atoms with Gasteiger partial charge < -0.3 is 38.2 Å². The molecular weight excluding hydrogens is 473 g/mol. The molecule has 1 fully saturated rings. The number of cyclic esters (lactones) is 1. The summed E-state index contributed by atoms with van der Waals surface area (Å²) in [5.41, 5.74) is -0.450. The highest BCUT2D eigenvalue weighted by atomic mass is 31.0. The molecule has 35 heavy (non-hydrogen) atoms. The van der Waals surface area contributed by atoms with Crippen LogP contribution >= 0.6 is 9.47 Å². The summed E-state index contributed by atoms with van der Waals surface area (Å²) in [7, 11) is 7.99. The highest BCUT2D eigenvalue weighted by Crippen LogP contribution is 2.41. The third-order valence-electron chi connectivity index (χ3n) is 7.06. The van der Waals surface area contributed by atoms with Gasteiger partial charge in [0.1, 0.15) is 11.9 Å². The van der Waals surface area contributed by atoms with E-state index in [1.165, 1.54) is 0 Å². The van der Waals surface area contributed by atoms with Crippen molar-refractivity contribution in [2.45, 2.75) is 103 Å². The standard InChI is InChI=1S/C25H46NO8P/c1-14(13-27)12-25(7,29-10)21(16(3)19-17(4)22(28)33-24(5,6)32-19)31-23-20(34-35)18(26(8)9)11-15(2)30-23/h14-16,18,20-21,23,27H,11-13,35H2,1-10H3/t14-,15-,16+,18?,20?,21-,23+,25-/m1/s1. The van der Waals surface area contributed by atoms with E-state index in [4.69, 9.17) is 28.2 Å². The van der Waals surface area contributed by atoms with Gasteiger partial charge in [-0.3, -0.25) is 0 Å². The maximum Gasteiger partial charge on any atom is 0.340 e. The van der Waals surface area contributed by atoms with E-state index >= 15 is 0 Å². The Hall–Kier alpha value is -0.800. The summed E-state index contributed by atoms with van der Waals surface area (Å²) in [5, 5.41) is 9.80. The molecule has 0 amide bonds. The number of likely N-dealkylation sites (N-methyl/N-ethyl adjacent to an activating group) is 1. The lowest BCUT2D eigenvalue weighted by atomic mass is 9.80. The van der Waals surface area contributed by atoms with Crippen LogP contribution in [-0.4, -0.2) is 85.8 Å². The second-order valence-electron chi connectivity index (χ2n) is 10.9. The molecule has 3 unspecified atom stereocenters. The van der Waals surface area contributed by atoms with Crippen molar-refractivity contribution in [2.75, 3.05) is 27.8 Å². The van der Waals surface area contributed by atoms with Crippen LogP contribution in [0, 0.1) is 11.8 Å². The largest absolute Gasteiger partial charge is 0.456 e. The number of methoxy groups -OCH3 is 1. The van der Waals surface area contributed by atoms with Crippen LogP contribution in [-0.2, 0) is 33.0 Å². The van der Waals surface area contributed by atoms with E-state index in [9.17, 15) is 9.90 Å². The third kappa shape index (κ3) is 7.16. The van der Waals surface area contributed by atoms with Crippen molar-refractivity contribution in [3.8, 4) is 0 Å². The quantitative estimate of drug-likeness (QED) is 0.326. The van der Waals surface area contributed by atoms with Crippen molar-refractivity contribution in [2.24, 2.45) is 11.8 Å². The molecule has 9 nitrogen and oxygen atoms in total. The van der Waals surface area contributed by atoms with E-state index in [0.717, 1.165) is 6.42 Å². The number of hydrogen-bond donors (Lipinski definition) is 1. The molecule has 0 aromatic rings. The Morgan fingerprint density at radius 3 is 2.43 bits per heavy atom. The van der Waals surface area contributed by atoms with Gasteiger partial charge in [-0.1, -0.05) is 13.8 Å². The molecule has 0 aliphatic carbocycles. The Morgan fingerprint density at radius 2 is 1.91 bits per heavy atom. The summed E-state index contributed by atoms with van der Waals surface area (Å²) < 4.78 is 36.4. The van der Waals surface area contributed by atoms with Gasteiger partial charge in [0.15, 0.2) is 6.29 Å².